The minimum atomic E-state index is -1.45. The number of carbonyl (C=O) groups is 6. The van der Waals surface area contributed by atoms with Crippen LogP contribution in [0.4, 0.5) is 9.59 Å². The molecule has 56 heavy (non-hydrogen) atoms. The molecule has 16 nitrogen and oxygen atoms in total. The Morgan fingerprint density at radius 3 is 2.25 bits per heavy atom. The number of rotatable bonds is 11. The van der Waals surface area contributed by atoms with E-state index in [1.54, 1.807) is 66.7 Å². The fourth-order valence-corrected chi connectivity index (χ4v) is 8.39. The number of nitrogens with one attached hydrogen (secondary N) is 3. The summed E-state index contributed by atoms with van der Waals surface area (Å²) < 4.78 is 30.2. The molecule has 17 heteroatoms. The summed E-state index contributed by atoms with van der Waals surface area (Å²) in [6.07, 6.45) is 0.757. The number of ether oxygens (including phenoxy) is 3. The number of carbonyl (C=O) groups excluding carboxylic acids is 6. The van der Waals surface area contributed by atoms with Crippen molar-refractivity contribution in [1.82, 2.24) is 25.8 Å². The molecule has 6 rings (SSSR count). The molecule has 6 amide bonds. The number of para-hydroxylation sites is 1. The number of urea groups is 1. The SMILES string of the molecule is CCN1CCN(C(=O)NC(CNC(=O)OC(C)(C)C)C(=O)NC(Cc2cccc(C(=O)OC(C)(C)C)c2OC)B2O[C@@H]3C[C@@H]4C[C@@H](C4(C)C)[C@]3(C)O2)C(=O)C1=O. The van der Waals surface area contributed by atoms with Crippen LogP contribution in [0, 0.1) is 17.3 Å². The molecular weight excluding hydrogens is 725 g/mol. The fraction of sp³-hybridized carbons (Fsp3) is 0.692. The van der Waals surface area contributed by atoms with Crippen LogP contribution < -0.4 is 20.7 Å². The third-order valence-corrected chi connectivity index (χ3v) is 11.4. The highest BCUT2D eigenvalue weighted by molar-refractivity contribution is 6.48. The van der Waals surface area contributed by atoms with Crippen molar-refractivity contribution in [2.75, 3.05) is 33.3 Å². The van der Waals surface area contributed by atoms with Gasteiger partial charge in [-0.25, -0.2) is 14.4 Å². The minimum Gasteiger partial charge on any atom is -0.496 e. The molecule has 3 saturated carbocycles. The van der Waals surface area contributed by atoms with Gasteiger partial charge in [0.1, 0.15) is 28.6 Å². The van der Waals surface area contributed by atoms with Gasteiger partial charge in [0.05, 0.1) is 31.3 Å². The van der Waals surface area contributed by atoms with Crippen LogP contribution in [0.15, 0.2) is 18.2 Å². The van der Waals surface area contributed by atoms with Crippen LogP contribution in [-0.2, 0) is 39.6 Å². The monoisotopic (exact) mass is 783 g/mol. The van der Waals surface area contributed by atoms with Crippen LogP contribution in [0.5, 0.6) is 5.75 Å². The molecule has 2 bridgehead atoms. The molecule has 3 aliphatic carbocycles. The number of amides is 6. The number of alkyl carbamates (subject to hydrolysis) is 1. The van der Waals surface area contributed by atoms with Crippen LogP contribution in [0.2, 0.25) is 0 Å². The van der Waals surface area contributed by atoms with Gasteiger partial charge < -0.3 is 44.4 Å². The molecule has 308 valence electrons. The van der Waals surface area contributed by atoms with Gasteiger partial charge in [0.2, 0.25) is 5.91 Å². The topological polar surface area (TPSA) is 191 Å². The van der Waals surface area contributed by atoms with E-state index in [0.717, 1.165) is 17.7 Å². The van der Waals surface area contributed by atoms with Gasteiger partial charge in [0.25, 0.3) is 0 Å². The average molecular weight is 784 g/mol. The number of imide groups is 1. The van der Waals surface area contributed by atoms with Gasteiger partial charge in [-0.1, -0.05) is 26.0 Å². The Bertz CT molecular complexity index is 1720. The lowest BCUT2D eigenvalue weighted by Gasteiger charge is -2.64. The van der Waals surface area contributed by atoms with Crippen molar-refractivity contribution in [1.29, 1.82) is 0 Å². The van der Waals surface area contributed by atoms with E-state index in [9.17, 15) is 28.8 Å². The molecule has 2 heterocycles. The molecule has 1 aromatic rings. The molecule has 2 unspecified atom stereocenters. The van der Waals surface area contributed by atoms with Crippen molar-refractivity contribution < 1.29 is 52.3 Å². The molecule has 5 aliphatic rings. The Kier molecular flexibility index (Phi) is 12.1. The van der Waals surface area contributed by atoms with Crippen LogP contribution in [0.3, 0.4) is 0 Å². The first-order valence-corrected chi connectivity index (χ1v) is 19.4. The van der Waals surface area contributed by atoms with E-state index in [-0.39, 0.29) is 48.3 Å². The summed E-state index contributed by atoms with van der Waals surface area (Å²) in [5.41, 5.74) is -1.49. The highest BCUT2D eigenvalue weighted by atomic mass is 16.7. The van der Waals surface area contributed by atoms with Gasteiger partial charge >= 0.3 is 37.0 Å². The molecule has 1 aromatic carbocycles. The molecule has 3 N–H and O–H groups in total. The summed E-state index contributed by atoms with van der Waals surface area (Å²) in [4.78, 5) is 81.6. The summed E-state index contributed by atoms with van der Waals surface area (Å²) in [6.45, 7) is 18.5. The van der Waals surface area contributed by atoms with E-state index in [0.29, 0.717) is 18.0 Å². The molecule has 2 aliphatic heterocycles. The maximum atomic E-state index is 14.4. The van der Waals surface area contributed by atoms with E-state index in [1.807, 2.05) is 6.92 Å². The summed E-state index contributed by atoms with van der Waals surface area (Å²) in [6, 6.07) is 2.61. The van der Waals surface area contributed by atoms with Crippen molar-refractivity contribution >= 4 is 42.9 Å². The number of hydrogen-bond donors (Lipinski definition) is 3. The van der Waals surface area contributed by atoms with Crippen molar-refractivity contribution in [2.24, 2.45) is 17.3 Å². The lowest BCUT2D eigenvalue weighted by atomic mass is 9.43. The highest BCUT2D eigenvalue weighted by Crippen LogP contribution is 2.65. The van der Waals surface area contributed by atoms with Crippen molar-refractivity contribution in [3.05, 3.63) is 29.3 Å². The predicted molar refractivity (Wildman–Crippen MR) is 204 cm³/mol. The first-order valence-electron chi connectivity index (χ1n) is 19.4. The number of esters is 1. The van der Waals surface area contributed by atoms with Gasteiger partial charge in [-0.3, -0.25) is 19.3 Å². The van der Waals surface area contributed by atoms with Gasteiger partial charge in [-0.15, -0.1) is 0 Å². The quantitative estimate of drug-likeness (QED) is 0.170. The normalized spacial score (nSPS) is 25.3. The number of likely N-dealkylation sites (N-methyl/N-ethyl adjacent to an activating group) is 1. The second-order valence-electron chi connectivity index (χ2n) is 17.9. The zero-order chi connectivity index (χ0) is 41.5. The van der Waals surface area contributed by atoms with Crippen LogP contribution in [-0.4, -0.2) is 121 Å². The van der Waals surface area contributed by atoms with E-state index in [4.69, 9.17) is 23.5 Å². The summed E-state index contributed by atoms with van der Waals surface area (Å²) in [5, 5.41) is 8.07. The summed E-state index contributed by atoms with van der Waals surface area (Å²) in [7, 11) is 0.476. The van der Waals surface area contributed by atoms with Crippen molar-refractivity contribution in [3.63, 3.8) is 0 Å². The standard InChI is InChI=1S/C39H58BN5O11/c1-12-44-16-17-45(32(48)31(44)47)34(50)42-25(21-41-35(51)54-37(5,6)7)30(46)43-28(40-55-27-20-23-19-26(38(23,8)9)39(27,10)56-40)18-22-14-13-15-24(29(22)52-11)33(49)53-36(2,3)4/h13-15,23,25-28H,12,16-21H2,1-11H3,(H,41,51)(H,42,50)(H,43,46)/t23-,25?,26-,27+,28?,39-/m0/s1. The number of methoxy groups -OCH3 is 1. The Labute approximate surface area is 329 Å². The summed E-state index contributed by atoms with van der Waals surface area (Å²) >= 11 is 0. The van der Waals surface area contributed by atoms with Crippen LogP contribution in [0.25, 0.3) is 0 Å². The van der Waals surface area contributed by atoms with E-state index < -0.39 is 78.3 Å². The van der Waals surface area contributed by atoms with Crippen LogP contribution in [0.1, 0.15) is 98.0 Å². The molecule has 5 fully saturated rings. The third kappa shape index (κ3) is 8.93. The van der Waals surface area contributed by atoms with Gasteiger partial charge in [0.15, 0.2) is 0 Å². The van der Waals surface area contributed by atoms with E-state index in [2.05, 4.69) is 29.8 Å². The number of piperazine rings is 1. The first kappa shape index (κ1) is 42.8. The average Bonchev–Trinajstić information content (AvgIpc) is 3.46. The zero-order valence-corrected chi connectivity index (χ0v) is 34.5. The Morgan fingerprint density at radius 1 is 0.964 bits per heavy atom. The Hall–Kier alpha value is -4.38. The predicted octanol–water partition coefficient (Wildman–Crippen LogP) is 3.24. The van der Waals surface area contributed by atoms with Gasteiger partial charge in [0, 0.05) is 19.6 Å². The lowest BCUT2D eigenvalue weighted by molar-refractivity contribution is -0.199. The van der Waals surface area contributed by atoms with E-state index >= 15 is 0 Å². The lowest BCUT2D eigenvalue weighted by Crippen LogP contribution is -2.65. The molecular formula is C39H58BN5O11. The Balaban J connectivity index is 1.46. The molecule has 0 aromatic heterocycles. The largest absolute Gasteiger partial charge is 0.496 e. The maximum absolute atomic E-state index is 14.4. The van der Waals surface area contributed by atoms with Gasteiger partial charge in [-0.05, 0) is 104 Å². The van der Waals surface area contributed by atoms with Crippen LogP contribution >= 0.6 is 0 Å². The number of nitrogens with zero attached hydrogens (tertiary/aromatic N) is 2. The molecule has 2 saturated heterocycles. The molecule has 0 radical (unpaired) electrons. The Morgan fingerprint density at radius 2 is 1.64 bits per heavy atom. The van der Waals surface area contributed by atoms with E-state index in [1.165, 1.54) is 12.0 Å². The summed E-state index contributed by atoms with van der Waals surface area (Å²) in [5.74, 6) is -3.20. The molecule has 0 spiro atoms. The third-order valence-electron chi connectivity index (χ3n) is 11.4. The second kappa shape index (κ2) is 15.9. The maximum Gasteiger partial charge on any atom is 0.482 e. The number of hydrogen-bond acceptors (Lipinski definition) is 11. The smallest absolute Gasteiger partial charge is 0.482 e. The highest BCUT2D eigenvalue weighted by Gasteiger charge is 2.68. The van der Waals surface area contributed by atoms with Crippen molar-refractivity contribution in [3.8, 4) is 5.75 Å². The molecule has 6 atom stereocenters. The minimum absolute atomic E-state index is 0.0390. The second-order valence-corrected chi connectivity index (χ2v) is 17.9. The first-order chi connectivity index (χ1) is 26.0. The number of benzene rings is 1. The zero-order valence-electron chi connectivity index (χ0n) is 34.5. The van der Waals surface area contributed by atoms with Gasteiger partial charge in [-0.2, -0.15) is 0 Å². The van der Waals surface area contributed by atoms with Crippen molar-refractivity contribution in [2.45, 2.75) is 123 Å². The fourth-order valence-electron chi connectivity index (χ4n) is 8.39.